The largest absolute Gasteiger partial charge is 0.361 e. The second-order valence-corrected chi connectivity index (χ2v) is 7.31. The predicted molar refractivity (Wildman–Crippen MR) is 87.1 cm³/mol. The summed E-state index contributed by atoms with van der Waals surface area (Å²) in [6.07, 6.45) is 3.42. The third-order valence-corrected chi connectivity index (χ3v) is 5.26. The highest BCUT2D eigenvalue weighted by Gasteiger charge is 2.33. The SMILES string of the molecule is CCSC1CCCC1Nc1c([N+](=O)[O-])c(C(C)C)nn1C. The Kier molecular flexibility index (Phi) is 5.13. The van der Waals surface area contributed by atoms with Gasteiger partial charge in [0.15, 0.2) is 0 Å². The fraction of sp³-hybridized carbons (Fsp3) is 0.786. The average molecular weight is 312 g/mol. The number of nitro groups is 1. The van der Waals surface area contributed by atoms with Crippen molar-refractivity contribution in [3.8, 4) is 0 Å². The van der Waals surface area contributed by atoms with Gasteiger partial charge in [0.05, 0.1) is 4.92 Å². The molecule has 21 heavy (non-hydrogen) atoms. The Labute approximate surface area is 129 Å². The molecule has 0 radical (unpaired) electrons. The van der Waals surface area contributed by atoms with Crippen LogP contribution in [-0.2, 0) is 7.05 Å². The smallest absolute Gasteiger partial charge is 0.334 e. The molecule has 0 saturated heterocycles. The topological polar surface area (TPSA) is 73.0 Å². The number of nitrogens with zero attached hydrogens (tertiary/aromatic N) is 3. The summed E-state index contributed by atoms with van der Waals surface area (Å²) in [6.45, 7) is 6.03. The molecule has 0 aliphatic heterocycles. The monoisotopic (exact) mass is 312 g/mol. The van der Waals surface area contributed by atoms with Crippen LogP contribution in [0.25, 0.3) is 0 Å². The molecule has 0 amide bonds. The van der Waals surface area contributed by atoms with Crippen LogP contribution in [0.5, 0.6) is 0 Å². The highest BCUT2D eigenvalue weighted by atomic mass is 32.2. The first kappa shape index (κ1) is 16.1. The lowest BCUT2D eigenvalue weighted by Gasteiger charge is -2.20. The summed E-state index contributed by atoms with van der Waals surface area (Å²) in [4.78, 5) is 11.1. The van der Waals surface area contributed by atoms with E-state index in [2.05, 4.69) is 17.3 Å². The Balaban J connectivity index is 2.29. The second kappa shape index (κ2) is 6.68. The third kappa shape index (κ3) is 3.33. The number of aromatic nitrogens is 2. The first-order valence-corrected chi connectivity index (χ1v) is 8.60. The molecule has 6 nitrogen and oxygen atoms in total. The lowest BCUT2D eigenvalue weighted by Crippen LogP contribution is -2.27. The maximum atomic E-state index is 11.4. The minimum atomic E-state index is -0.304. The van der Waals surface area contributed by atoms with Gasteiger partial charge >= 0.3 is 5.69 Å². The molecule has 1 aliphatic carbocycles. The van der Waals surface area contributed by atoms with E-state index in [4.69, 9.17) is 0 Å². The fourth-order valence-corrected chi connectivity index (χ4v) is 4.14. The van der Waals surface area contributed by atoms with Gasteiger partial charge in [-0.1, -0.05) is 27.2 Å². The molecule has 0 aromatic carbocycles. The Morgan fingerprint density at radius 2 is 2.24 bits per heavy atom. The van der Waals surface area contributed by atoms with Crippen LogP contribution in [0, 0.1) is 10.1 Å². The molecule has 7 heteroatoms. The van der Waals surface area contributed by atoms with Crippen molar-refractivity contribution in [1.29, 1.82) is 0 Å². The number of anilines is 1. The van der Waals surface area contributed by atoms with Gasteiger partial charge in [0.25, 0.3) is 0 Å². The van der Waals surface area contributed by atoms with E-state index in [1.165, 1.54) is 12.8 Å². The van der Waals surface area contributed by atoms with Crippen molar-refractivity contribution in [1.82, 2.24) is 9.78 Å². The van der Waals surface area contributed by atoms with Crippen molar-refractivity contribution in [3.05, 3.63) is 15.8 Å². The molecule has 1 N–H and O–H groups in total. The van der Waals surface area contributed by atoms with E-state index < -0.39 is 0 Å². The zero-order chi connectivity index (χ0) is 15.6. The number of aryl methyl sites for hydroxylation is 1. The molecule has 1 aromatic heterocycles. The Morgan fingerprint density at radius 3 is 2.81 bits per heavy atom. The molecule has 2 rings (SSSR count). The van der Waals surface area contributed by atoms with Crippen molar-refractivity contribution < 1.29 is 4.92 Å². The van der Waals surface area contributed by atoms with Crippen LogP contribution in [0.15, 0.2) is 0 Å². The summed E-state index contributed by atoms with van der Waals surface area (Å²) in [5.41, 5.74) is 0.697. The first-order valence-electron chi connectivity index (χ1n) is 7.55. The molecular weight excluding hydrogens is 288 g/mol. The average Bonchev–Trinajstić information content (AvgIpc) is 2.96. The van der Waals surface area contributed by atoms with Crippen LogP contribution in [0.4, 0.5) is 11.5 Å². The Bertz CT molecular complexity index is 515. The standard InChI is InChI=1S/C14H24N4O2S/c1-5-21-11-8-6-7-10(11)15-14-13(18(19)20)12(9(2)3)16-17(14)4/h9-11,15H,5-8H2,1-4H3. The molecular formula is C14H24N4O2S. The molecule has 2 atom stereocenters. The molecule has 2 unspecified atom stereocenters. The van der Waals surface area contributed by atoms with Crippen molar-refractivity contribution in [2.45, 2.75) is 57.2 Å². The molecule has 1 fully saturated rings. The van der Waals surface area contributed by atoms with E-state index in [-0.39, 0.29) is 16.5 Å². The van der Waals surface area contributed by atoms with E-state index in [1.54, 1.807) is 11.7 Å². The van der Waals surface area contributed by atoms with Crippen molar-refractivity contribution >= 4 is 23.3 Å². The maximum absolute atomic E-state index is 11.4. The molecule has 1 heterocycles. The summed E-state index contributed by atoms with van der Waals surface area (Å²) < 4.78 is 1.62. The second-order valence-electron chi connectivity index (χ2n) is 5.79. The summed E-state index contributed by atoms with van der Waals surface area (Å²) in [5, 5.41) is 19.7. The van der Waals surface area contributed by atoms with Crippen LogP contribution in [0.1, 0.15) is 51.6 Å². The molecule has 1 aliphatic rings. The minimum Gasteiger partial charge on any atom is -0.361 e. The zero-order valence-electron chi connectivity index (χ0n) is 13.1. The van der Waals surface area contributed by atoms with Crippen LogP contribution in [-0.4, -0.2) is 31.7 Å². The lowest BCUT2D eigenvalue weighted by molar-refractivity contribution is -0.384. The van der Waals surface area contributed by atoms with Crippen molar-refractivity contribution in [2.24, 2.45) is 7.05 Å². The minimum absolute atomic E-state index is 0.0385. The number of nitrogens with one attached hydrogen (secondary N) is 1. The molecule has 0 spiro atoms. The van der Waals surface area contributed by atoms with Crippen molar-refractivity contribution in [3.63, 3.8) is 0 Å². The van der Waals surface area contributed by atoms with Gasteiger partial charge < -0.3 is 5.32 Å². The van der Waals surface area contributed by atoms with Gasteiger partial charge in [0.2, 0.25) is 5.82 Å². The maximum Gasteiger partial charge on any atom is 0.334 e. The normalized spacial score (nSPS) is 22.0. The molecule has 0 bridgehead atoms. The van der Waals surface area contributed by atoms with E-state index in [1.807, 2.05) is 25.6 Å². The van der Waals surface area contributed by atoms with Gasteiger partial charge in [0, 0.05) is 24.3 Å². The van der Waals surface area contributed by atoms with Crippen molar-refractivity contribution in [2.75, 3.05) is 11.1 Å². The van der Waals surface area contributed by atoms with Gasteiger partial charge in [-0.05, 0) is 18.6 Å². The van der Waals surface area contributed by atoms with E-state index in [0.717, 1.165) is 12.2 Å². The zero-order valence-corrected chi connectivity index (χ0v) is 13.9. The van der Waals surface area contributed by atoms with Gasteiger partial charge in [-0.25, -0.2) is 4.68 Å². The summed E-state index contributed by atoms with van der Waals surface area (Å²) in [5.74, 6) is 1.67. The highest BCUT2D eigenvalue weighted by molar-refractivity contribution is 7.99. The molecule has 1 aromatic rings. The third-order valence-electron chi connectivity index (χ3n) is 3.93. The number of thioether (sulfide) groups is 1. The van der Waals surface area contributed by atoms with Crippen LogP contribution < -0.4 is 5.32 Å². The highest BCUT2D eigenvalue weighted by Crippen LogP contribution is 2.37. The van der Waals surface area contributed by atoms with Crippen LogP contribution >= 0.6 is 11.8 Å². The number of hydrogen-bond donors (Lipinski definition) is 1. The molecule has 1 saturated carbocycles. The summed E-state index contributed by atoms with van der Waals surface area (Å²) in [7, 11) is 1.78. The summed E-state index contributed by atoms with van der Waals surface area (Å²) >= 11 is 1.94. The van der Waals surface area contributed by atoms with Crippen LogP contribution in [0.3, 0.4) is 0 Å². The van der Waals surface area contributed by atoms with E-state index in [9.17, 15) is 10.1 Å². The quantitative estimate of drug-likeness (QED) is 0.642. The van der Waals surface area contributed by atoms with Gasteiger partial charge in [0.1, 0.15) is 5.69 Å². The van der Waals surface area contributed by atoms with E-state index in [0.29, 0.717) is 22.8 Å². The van der Waals surface area contributed by atoms with Gasteiger partial charge in [-0.15, -0.1) is 0 Å². The van der Waals surface area contributed by atoms with Gasteiger partial charge in [-0.2, -0.15) is 16.9 Å². The van der Waals surface area contributed by atoms with Crippen LogP contribution in [0.2, 0.25) is 0 Å². The molecule has 118 valence electrons. The number of hydrogen-bond acceptors (Lipinski definition) is 5. The van der Waals surface area contributed by atoms with E-state index >= 15 is 0 Å². The fourth-order valence-electron chi connectivity index (χ4n) is 2.94. The Hall–Kier alpha value is -1.24. The first-order chi connectivity index (χ1) is 9.95. The lowest BCUT2D eigenvalue weighted by atomic mass is 10.1. The number of rotatable bonds is 6. The van der Waals surface area contributed by atoms with Gasteiger partial charge in [-0.3, -0.25) is 10.1 Å². The Morgan fingerprint density at radius 1 is 1.52 bits per heavy atom. The predicted octanol–water partition coefficient (Wildman–Crippen LogP) is 3.54. The summed E-state index contributed by atoms with van der Waals surface area (Å²) in [6, 6.07) is 0.295.